The van der Waals surface area contributed by atoms with Crippen molar-refractivity contribution >= 4 is 15.9 Å². The van der Waals surface area contributed by atoms with E-state index in [0.29, 0.717) is 11.5 Å². The Balaban J connectivity index is 2.82. The summed E-state index contributed by atoms with van der Waals surface area (Å²) in [6.07, 6.45) is 2.01. The normalized spacial score (nSPS) is 11.6. The van der Waals surface area contributed by atoms with Crippen molar-refractivity contribution in [1.29, 1.82) is 0 Å². The molecule has 0 aliphatic carbocycles. The van der Waals surface area contributed by atoms with Gasteiger partial charge >= 0.3 is 0 Å². The Kier molecular flexibility index (Phi) is 4.80. The van der Waals surface area contributed by atoms with Gasteiger partial charge in [0.25, 0.3) is 0 Å². The molecular formula is C12H14BrFO2. The van der Waals surface area contributed by atoms with Crippen molar-refractivity contribution in [1.82, 2.24) is 0 Å². The van der Waals surface area contributed by atoms with Gasteiger partial charge in [0.1, 0.15) is 18.1 Å². The molecule has 0 unspecified atom stereocenters. The van der Waals surface area contributed by atoms with E-state index >= 15 is 0 Å². The number of benzene rings is 1. The topological polar surface area (TPSA) is 29.5 Å². The molecule has 2 nitrogen and oxygen atoms in total. The zero-order chi connectivity index (χ0) is 12.1. The first-order valence-corrected chi connectivity index (χ1v) is 5.80. The molecule has 0 radical (unpaired) electrons. The highest BCUT2D eigenvalue weighted by molar-refractivity contribution is 9.11. The molecule has 1 aromatic carbocycles. The molecule has 0 heterocycles. The largest absolute Gasteiger partial charge is 0.507 e. The maximum atomic E-state index is 12.4. The number of phenolic OH excluding ortho intramolecular Hbond substituents is 1. The summed E-state index contributed by atoms with van der Waals surface area (Å²) in [7, 11) is 0. The van der Waals surface area contributed by atoms with Gasteiger partial charge in [-0.1, -0.05) is 6.92 Å². The van der Waals surface area contributed by atoms with Crippen LogP contribution >= 0.6 is 15.9 Å². The lowest BCUT2D eigenvalue weighted by Gasteiger charge is -2.09. The highest BCUT2D eigenvalue weighted by Crippen LogP contribution is 2.28. The molecule has 88 valence electrons. The molecule has 0 amide bonds. The average molecular weight is 289 g/mol. The van der Waals surface area contributed by atoms with Crippen molar-refractivity contribution in [2.24, 2.45) is 0 Å². The smallest absolute Gasteiger partial charge is 0.165 e. The first-order valence-electron chi connectivity index (χ1n) is 5.01. The van der Waals surface area contributed by atoms with E-state index in [1.54, 1.807) is 12.1 Å². The van der Waals surface area contributed by atoms with Gasteiger partial charge in [-0.05, 0) is 58.6 Å². The highest BCUT2D eigenvalue weighted by atomic mass is 79.9. The van der Waals surface area contributed by atoms with Crippen LogP contribution in [-0.4, -0.2) is 11.7 Å². The summed E-state index contributed by atoms with van der Waals surface area (Å²) in [4.78, 5) is 0. The first-order chi connectivity index (χ1) is 7.54. The van der Waals surface area contributed by atoms with E-state index in [9.17, 15) is 9.50 Å². The molecule has 1 rings (SSSR count). The quantitative estimate of drug-likeness (QED) is 0.912. The maximum absolute atomic E-state index is 12.4. The summed E-state index contributed by atoms with van der Waals surface area (Å²) in [5.74, 6) is 0.939. The van der Waals surface area contributed by atoms with Crippen molar-refractivity contribution in [2.75, 3.05) is 6.61 Å². The van der Waals surface area contributed by atoms with Crippen LogP contribution in [0.25, 0.3) is 0 Å². The third kappa shape index (κ3) is 3.52. The lowest BCUT2D eigenvalue weighted by Crippen LogP contribution is -1.96. The zero-order valence-corrected chi connectivity index (χ0v) is 10.8. The Morgan fingerprint density at radius 3 is 2.81 bits per heavy atom. The van der Waals surface area contributed by atoms with Crippen LogP contribution in [0.5, 0.6) is 11.5 Å². The number of phenols is 1. The molecule has 0 aliphatic rings. The Morgan fingerprint density at radius 1 is 1.56 bits per heavy atom. The summed E-state index contributed by atoms with van der Waals surface area (Å²) >= 11 is 2.68. The van der Waals surface area contributed by atoms with Gasteiger partial charge in [-0.15, -0.1) is 0 Å². The zero-order valence-electron chi connectivity index (χ0n) is 9.26. The van der Waals surface area contributed by atoms with Gasteiger partial charge < -0.3 is 9.84 Å². The van der Waals surface area contributed by atoms with Gasteiger partial charge in [0.05, 0.1) is 0 Å². The first kappa shape index (κ1) is 13.0. The summed E-state index contributed by atoms with van der Waals surface area (Å²) in [6, 6.07) is 3.50. The molecule has 0 fully saturated rings. The Hall–Kier alpha value is -1.03. The molecule has 0 aliphatic heterocycles. The number of hydrogen-bond acceptors (Lipinski definition) is 2. The van der Waals surface area contributed by atoms with Crippen LogP contribution in [0.3, 0.4) is 0 Å². The summed E-state index contributed by atoms with van der Waals surface area (Å²) in [6.45, 7) is 3.92. The van der Waals surface area contributed by atoms with Crippen LogP contribution in [0.4, 0.5) is 4.39 Å². The van der Waals surface area contributed by atoms with E-state index in [4.69, 9.17) is 4.74 Å². The number of halogens is 2. The van der Waals surface area contributed by atoms with Crippen LogP contribution < -0.4 is 4.74 Å². The third-order valence-corrected chi connectivity index (χ3v) is 2.55. The summed E-state index contributed by atoms with van der Waals surface area (Å²) in [5, 5.41) is 9.70. The SMILES string of the molecule is CCc1cc(OCC=C(F)Br)cc(C)c1O. The van der Waals surface area contributed by atoms with Crippen molar-refractivity contribution in [3.63, 3.8) is 0 Å². The number of aryl methyl sites for hydroxylation is 2. The molecular weight excluding hydrogens is 275 g/mol. The fraction of sp³-hybridized carbons (Fsp3) is 0.333. The van der Waals surface area contributed by atoms with Crippen LogP contribution in [-0.2, 0) is 6.42 Å². The second-order valence-electron chi connectivity index (χ2n) is 3.41. The van der Waals surface area contributed by atoms with Crippen LogP contribution in [0, 0.1) is 6.92 Å². The van der Waals surface area contributed by atoms with E-state index in [0.717, 1.165) is 17.5 Å². The van der Waals surface area contributed by atoms with Gasteiger partial charge in [0.15, 0.2) is 4.74 Å². The average Bonchev–Trinajstić information content (AvgIpc) is 2.22. The van der Waals surface area contributed by atoms with E-state index in [1.807, 2.05) is 13.8 Å². The number of rotatable bonds is 4. The Morgan fingerprint density at radius 2 is 2.25 bits per heavy atom. The molecule has 0 saturated heterocycles. The third-order valence-electron chi connectivity index (χ3n) is 2.22. The van der Waals surface area contributed by atoms with Gasteiger partial charge in [-0.25, -0.2) is 0 Å². The predicted octanol–water partition coefficient (Wildman–Crippen LogP) is 3.85. The van der Waals surface area contributed by atoms with Crippen molar-refractivity contribution < 1.29 is 14.2 Å². The van der Waals surface area contributed by atoms with Gasteiger partial charge in [0, 0.05) is 0 Å². The molecule has 16 heavy (non-hydrogen) atoms. The summed E-state index contributed by atoms with van der Waals surface area (Å²) < 4.78 is 17.2. The van der Waals surface area contributed by atoms with E-state index < -0.39 is 4.74 Å². The van der Waals surface area contributed by atoms with E-state index in [1.165, 1.54) is 6.08 Å². The van der Waals surface area contributed by atoms with Crippen LogP contribution in [0.1, 0.15) is 18.1 Å². The van der Waals surface area contributed by atoms with E-state index in [2.05, 4.69) is 15.9 Å². The van der Waals surface area contributed by atoms with Crippen molar-refractivity contribution in [2.45, 2.75) is 20.3 Å². The maximum Gasteiger partial charge on any atom is 0.165 e. The van der Waals surface area contributed by atoms with Gasteiger partial charge in [0.2, 0.25) is 0 Å². The molecule has 0 aromatic heterocycles. The molecule has 1 aromatic rings. The number of hydrogen-bond donors (Lipinski definition) is 1. The van der Waals surface area contributed by atoms with Gasteiger partial charge in [-0.3, -0.25) is 0 Å². The standard InChI is InChI=1S/C12H14BrFO2/c1-3-9-7-10(6-8(2)12(9)15)16-5-4-11(13)14/h4,6-7,15H,3,5H2,1-2H3. The number of ether oxygens (including phenoxy) is 1. The lowest BCUT2D eigenvalue weighted by atomic mass is 10.1. The fourth-order valence-electron chi connectivity index (χ4n) is 1.37. The molecule has 1 N–H and O–H groups in total. The minimum Gasteiger partial charge on any atom is -0.507 e. The summed E-state index contributed by atoms with van der Waals surface area (Å²) in [5.41, 5.74) is 1.59. The molecule has 0 bridgehead atoms. The molecule has 0 atom stereocenters. The van der Waals surface area contributed by atoms with Crippen molar-refractivity contribution in [3.8, 4) is 11.5 Å². The minimum absolute atomic E-state index is 0.157. The second kappa shape index (κ2) is 5.89. The minimum atomic E-state index is -0.446. The van der Waals surface area contributed by atoms with E-state index in [-0.39, 0.29) is 6.61 Å². The second-order valence-corrected chi connectivity index (χ2v) is 4.16. The predicted molar refractivity (Wildman–Crippen MR) is 65.8 cm³/mol. The van der Waals surface area contributed by atoms with Gasteiger partial charge in [-0.2, -0.15) is 4.39 Å². The Bertz CT molecular complexity index is 398. The number of aromatic hydroxyl groups is 1. The molecule has 4 heteroatoms. The monoisotopic (exact) mass is 288 g/mol. The van der Waals surface area contributed by atoms with Crippen LogP contribution in [0.2, 0.25) is 0 Å². The molecule has 0 spiro atoms. The van der Waals surface area contributed by atoms with Crippen molar-refractivity contribution in [3.05, 3.63) is 34.1 Å². The van der Waals surface area contributed by atoms with Crippen LogP contribution in [0.15, 0.2) is 22.9 Å². The lowest BCUT2D eigenvalue weighted by molar-refractivity contribution is 0.358. The molecule has 0 saturated carbocycles. The fourth-order valence-corrected chi connectivity index (χ4v) is 1.50. The Labute approximate surface area is 103 Å². The highest BCUT2D eigenvalue weighted by Gasteiger charge is 2.05.